The number of oxazole rings is 1. The average molecular weight is 251 g/mol. The smallest absolute Gasteiger partial charge is 0.208 e. The van der Waals surface area contributed by atoms with Gasteiger partial charge in [-0.3, -0.25) is 0 Å². The standard InChI is InChI=1S/C12H17N3OS/c1-4-5-13-7-11-14-6-10(16-11)12-8(2)15-9(3)17-12/h6,13H,4-5,7H2,1-3H3. The van der Waals surface area contributed by atoms with E-state index >= 15 is 0 Å². The van der Waals surface area contributed by atoms with Crippen LogP contribution >= 0.6 is 11.3 Å². The van der Waals surface area contributed by atoms with E-state index in [1.807, 2.05) is 13.8 Å². The molecule has 0 aromatic carbocycles. The van der Waals surface area contributed by atoms with Crippen LogP contribution in [0.5, 0.6) is 0 Å². The Morgan fingerprint density at radius 2 is 2.24 bits per heavy atom. The number of hydrogen-bond acceptors (Lipinski definition) is 5. The van der Waals surface area contributed by atoms with Gasteiger partial charge in [0.15, 0.2) is 5.76 Å². The molecule has 5 heteroatoms. The fraction of sp³-hybridized carbons (Fsp3) is 0.500. The molecule has 0 saturated heterocycles. The Morgan fingerprint density at radius 3 is 2.88 bits per heavy atom. The first-order chi connectivity index (χ1) is 8.20. The van der Waals surface area contributed by atoms with Crippen LogP contribution in [0.2, 0.25) is 0 Å². The molecule has 0 fully saturated rings. The Bertz CT molecular complexity index is 490. The third kappa shape index (κ3) is 2.92. The first kappa shape index (κ1) is 12.3. The lowest BCUT2D eigenvalue weighted by Gasteiger charge is -1.97. The summed E-state index contributed by atoms with van der Waals surface area (Å²) in [5.74, 6) is 1.56. The molecule has 4 nitrogen and oxygen atoms in total. The van der Waals surface area contributed by atoms with E-state index in [0.29, 0.717) is 6.54 Å². The van der Waals surface area contributed by atoms with E-state index in [2.05, 4.69) is 22.2 Å². The zero-order chi connectivity index (χ0) is 12.3. The van der Waals surface area contributed by atoms with Crippen molar-refractivity contribution in [2.75, 3.05) is 6.54 Å². The Balaban J connectivity index is 2.10. The molecule has 0 aliphatic carbocycles. The second kappa shape index (κ2) is 5.42. The van der Waals surface area contributed by atoms with Crippen molar-refractivity contribution in [3.05, 3.63) is 22.8 Å². The van der Waals surface area contributed by atoms with Crippen LogP contribution in [-0.2, 0) is 6.54 Å². The molecule has 92 valence electrons. The van der Waals surface area contributed by atoms with Crippen LogP contribution < -0.4 is 5.32 Å². The minimum atomic E-state index is 0.685. The molecular formula is C12H17N3OS. The molecule has 0 amide bonds. The van der Waals surface area contributed by atoms with E-state index in [0.717, 1.165) is 40.2 Å². The van der Waals surface area contributed by atoms with E-state index in [1.54, 1.807) is 17.5 Å². The van der Waals surface area contributed by atoms with Crippen molar-refractivity contribution in [3.8, 4) is 10.6 Å². The summed E-state index contributed by atoms with van der Waals surface area (Å²) in [6.45, 7) is 7.80. The summed E-state index contributed by atoms with van der Waals surface area (Å²) in [6.07, 6.45) is 2.89. The van der Waals surface area contributed by atoms with Crippen LogP contribution in [0.3, 0.4) is 0 Å². The van der Waals surface area contributed by atoms with Crippen molar-refractivity contribution in [3.63, 3.8) is 0 Å². The lowest BCUT2D eigenvalue weighted by atomic mass is 10.3. The largest absolute Gasteiger partial charge is 0.438 e. The SMILES string of the molecule is CCCNCc1ncc(-c2sc(C)nc2C)o1. The molecule has 0 saturated carbocycles. The van der Waals surface area contributed by atoms with Crippen LogP contribution in [0.25, 0.3) is 10.6 Å². The molecule has 2 rings (SSSR count). The molecule has 1 N–H and O–H groups in total. The van der Waals surface area contributed by atoms with E-state index in [4.69, 9.17) is 4.42 Å². The first-order valence-corrected chi connectivity index (χ1v) is 6.62. The highest BCUT2D eigenvalue weighted by Gasteiger charge is 2.12. The molecule has 0 atom stereocenters. The van der Waals surface area contributed by atoms with E-state index < -0.39 is 0 Å². The normalized spacial score (nSPS) is 11.0. The fourth-order valence-corrected chi connectivity index (χ4v) is 2.50. The zero-order valence-corrected chi connectivity index (χ0v) is 11.2. The molecule has 0 aliphatic heterocycles. The predicted octanol–water partition coefficient (Wildman–Crippen LogP) is 2.91. The van der Waals surface area contributed by atoms with Gasteiger partial charge >= 0.3 is 0 Å². The average Bonchev–Trinajstić information content (AvgIpc) is 2.86. The monoisotopic (exact) mass is 251 g/mol. The minimum absolute atomic E-state index is 0.685. The summed E-state index contributed by atoms with van der Waals surface area (Å²) in [5.41, 5.74) is 1.01. The third-order valence-electron chi connectivity index (χ3n) is 2.38. The number of aromatic nitrogens is 2. The summed E-state index contributed by atoms with van der Waals surface area (Å²) >= 11 is 1.64. The number of nitrogens with zero attached hydrogens (tertiary/aromatic N) is 2. The highest BCUT2D eigenvalue weighted by atomic mass is 32.1. The maximum absolute atomic E-state index is 5.71. The topological polar surface area (TPSA) is 51.0 Å². The third-order valence-corrected chi connectivity index (χ3v) is 3.47. The van der Waals surface area contributed by atoms with Crippen molar-refractivity contribution in [2.24, 2.45) is 0 Å². The summed E-state index contributed by atoms with van der Waals surface area (Å²) < 4.78 is 5.71. The van der Waals surface area contributed by atoms with Gasteiger partial charge in [0.05, 0.1) is 28.3 Å². The molecule has 17 heavy (non-hydrogen) atoms. The number of hydrogen-bond donors (Lipinski definition) is 1. The molecule has 0 unspecified atom stereocenters. The van der Waals surface area contributed by atoms with E-state index in [1.165, 1.54) is 0 Å². The Morgan fingerprint density at radius 1 is 1.41 bits per heavy atom. The van der Waals surface area contributed by atoms with E-state index in [9.17, 15) is 0 Å². The molecule has 0 spiro atoms. The molecule has 2 aromatic rings. The maximum atomic E-state index is 5.71. The summed E-state index contributed by atoms with van der Waals surface area (Å²) in [5, 5.41) is 4.32. The van der Waals surface area contributed by atoms with Crippen molar-refractivity contribution < 1.29 is 4.42 Å². The lowest BCUT2D eigenvalue weighted by Crippen LogP contribution is -2.13. The number of nitrogens with one attached hydrogen (secondary N) is 1. The zero-order valence-electron chi connectivity index (χ0n) is 10.4. The van der Waals surface area contributed by atoms with Crippen LogP contribution in [-0.4, -0.2) is 16.5 Å². The van der Waals surface area contributed by atoms with E-state index in [-0.39, 0.29) is 0 Å². The van der Waals surface area contributed by atoms with Crippen LogP contribution in [0.4, 0.5) is 0 Å². The van der Waals surface area contributed by atoms with Gasteiger partial charge < -0.3 is 9.73 Å². The van der Waals surface area contributed by atoms with Gasteiger partial charge in [-0.15, -0.1) is 11.3 Å². The van der Waals surface area contributed by atoms with Crippen LogP contribution in [0.1, 0.15) is 29.9 Å². The number of aryl methyl sites for hydroxylation is 2. The quantitative estimate of drug-likeness (QED) is 0.830. The van der Waals surface area contributed by atoms with Gasteiger partial charge in [-0.25, -0.2) is 9.97 Å². The predicted molar refractivity (Wildman–Crippen MR) is 69.1 cm³/mol. The fourth-order valence-electron chi connectivity index (χ4n) is 1.63. The Labute approximate surface area is 105 Å². The van der Waals surface area contributed by atoms with Crippen LogP contribution in [0.15, 0.2) is 10.6 Å². The van der Waals surface area contributed by atoms with Crippen molar-refractivity contribution in [2.45, 2.75) is 33.7 Å². The first-order valence-electron chi connectivity index (χ1n) is 5.80. The van der Waals surface area contributed by atoms with Crippen molar-refractivity contribution in [1.82, 2.24) is 15.3 Å². The van der Waals surface area contributed by atoms with Gasteiger partial charge in [0.1, 0.15) is 0 Å². The highest BCUT2D eigenvalue weighted by molar-refractivity contribution is 7.15. The molecule has 0 bridgehead atoms. The minimum Gasteiger partial charge on any atom is -0.438 e. The van der Waals surface area contributed by atoms with Gasteiger partial charge in [-0.2, -0.15) is 0 Å². The van der Waals surface area contributed by atoms with Gasteiger partial charge in [-0.1, -0.05) is 6.92 Å². The number of rotatable bonds is 5. The maximum Gasteiger partial charge on any atom is 0.208 e. The second-order valence-electron chi connectivity index (χ2n) is 3.94. The molecule has 2 aromatic heterocycles. The van der Waals surface area contributed by atoms with Crippen molar-refractivity contribution in [1.29, 1.82) is 0 Å². The summed E-state index contributed by atoms with van der Waals surface area (Å²) in [4.78, 5) is 9.73. The Kier molecular flexibility index (Phi) is 3.91. The molecule has 0 aliphatic rings. The second-order valence-corrected chi connectivity index (χ2v) is 5.15. The summed E-state index contributed by atoms with van der Waals surface area (Å²) in [7, 11) is 0. The van der Waals surface area contributed by atoms with Gasteiger partial charge in [0.25, 0.3) is 0 Å². The van der Waals surface area contributed by atoms with Crippen molar-refractivity contribution >= 4 is 11.3 Å². The lowest BCUT2D eigenvalue weighted by molar-refractivity contribution is 0.478. The van der Waals surface area contributed by atoms with Gasteiger partial charge in [0, 0.05) is 0 Å². The molecule has 0 radical (unpaired) electrons. The van der Waals surface area contributed by atoms with Crippen LogP contribution in [0, 0.1) is 13.8 Å². The van der Waals surface area contributed by atoms with Gasteiger partial charge in [-0.05, 0) is 26.8 Å². The summed E-state index contributed by atoms with van der Waals surface area (Å²) in [6, 6.07) is 0. The molecular weight excluding hydrogens is 234 g/mol. The van der Waals surface area contributed by atoms with Gasteiger partial charge in [0.2, 0.25) is 5.89 Å². The number of thiazole rings is 1. The molecule has 2 heterocycles. The Hall–Kier alpha value is -1.20. The highest BCUT2D eigenvalue weighted by Crippen LogP contribution is 2.29.